The largest absolute Gasteiger partial charge is 0.493 e. The number of carboxylic acids is 1. The molecule has 0 unspecified atom stereocenters. The maximum atomic E-state index is 11.1. The molecule has 0 aliphatic carbocycles. The highest BCUT2D eigenvalue weighted by Crippen LogP contribution is 2.40. The first-order valence-electron chi connectivity index (χ1n) is 7.99. The monoisotopic (exact) mass is 306 g/mol. The molecule has 1 aromatic rings. The number of hydrogen-bond acceptors (Lipinski definition) is 2. The standard InChI is InChI=1S/C19H30O3/c1-8-9-22-17-14(18(2,3)4)10-13(12-16(20)21)11-15(17)19(5,6)7/h10-11H,8-9,12H2,1-7H3,(H,20,21). The average molecular weight is 306 g/mol. The summed E-state index contributed by atoms with van der Waals surface area (Å²) in [6, 6.07) is 3.99. The Labute approximate surface area is 134 Å². The lowest BCUT2D eigenvalue weighted by Crippen LogP contribution is -2.21. The van der Waals surface area contributed by atoms with E-state index in [0.717, 1.165) is 28.9 Å². The van der Waals surface area contributed by atoms with Gasteiger partial charge in [-0.3, -0.25) is 4.79 Å². The molecule has 0 fully saturated rings. The van der Waals surface area contributed by atoms with Crippen molar-refractivity contribution in [1.82, 2.24) is 0 Å². The van der Waals surface area contributed by atoms with E-state index in [1.165, 1.54) is 0 Å². The molecule has 3 heteroatoms. The Bertz CT molecular complexity index is 496. The van der Waals surface area contributed by atoms with Gasteiger partial charge in [-0.25, -0.2) is 0 Å². The molecule has 22 heavy (non-hydrogen) atoms. The van der Waals surface area contributed by atoms with Gasteiger partial charge in [-0.1, -0.05) is 60.6 Å². The Morgan fingerprint density at radius 1 is 1.05 bits per heavy atom. The fourth-order valence-corrected chi connectivity index (χ4v) is 2.44. The van der Waals surface area contributed by atoms with Crippen LogP contribution in [0.25, 0.3) is 0 Å². The number of aliphatic carboxylic acids is 1. The number of benzene rings is 1. The summed E-state index contributed by atoms with van der Waals surface area (Å²) in [6.07, 6.45) is 0.990. The lowest BCUT2D eigenvalue weighted by molar-refractivity contribution is -0.136. The van der Waals surface area contributed by atoms with E-state index in [9.17, 15) is 4.79 Å². The van der Waals surface area contributed by atoms with Crippen molar-refractivity contribution >= 4 is 5.97 Å². The van der Waals surface area contributed by atoms with Crippen LogP contribution in [0.4, 0.5) is 0 Å². The second kappa shape index (κ2) is 6.72. The zero-order valence-corrected chi connectivity index (χ0v) is 15.0. The van der Waals surface area contributed by atoms with E-state index in [2.05, 4.69) is 48.5 Å². The highest BCUT2D eigenvalue weighted by atomic mass is 16.5. The Morgan fingerprint density at radius 2 is 1.50 bits per heavy atom. The number of carbonyl (C=O) groups is 1. The number of carboxylic acid groups (broad SMARTS) is 1. The van der Waals surface area contributed by atoms with Gasteiger partial charge in [0.05, 0.1) is 13.0 Å². The van der Waals surface area contributed by atoms with Crippen molar-refractivity contribution in [3.05, 3.63) is 28.8 Å². The molecule has 0 radical (unpaired) electrons. The Balaban J connectivity index is 3.57. The minimum absolute atomic E-state index is 0.0419. The van der Waals surface area contributed by atoms with Crippen LogP contribution in [0.15, 0.2) is 12.1 Å². The van der Waals surface area contributed by atoms with E-state index < -0.39 is 5.97 Å². The number of hydrogen-bond donors (Lipinski definition) is 1. The fraction of sp³-hybridized carbons (Fsp3) is 0.632. The van der Waals surface area contributed by atoms with Crippen LogP contribution in [0, 0.1) is 0 Å². The molecule has 0 amide bonds. The minimum Gasteiger partial charge on any atom is -0.493 e. The molecule has 124 valence electrons. The van der Waals surface area contributed by atoms with Crippen molar-refractivity contribution in [3.63, 3.8) is 0 Å². The van der Waals surface area contributed by atoms with Gasteiger partial charge < -0.3 is 9.84 Å². The number of ether oxygens (including phenoxy) is 1. The molecule has 0 saturated carbocycles. The maximum absolute atomic E-state index is 11.1. The molecule has 0 aliphatic heterocycles. The van der Waals surface area contributed by atoms with Crippen LogP contribution in [0.3, 0.4) is 0 Å². The van der Waals surface area contributed by atoms with Gasteiger partial charge in [0.25, 0.3) is 0 Å². The Morgan fingerprint density at radius 3 is 1.82 bits per heavy atom. The first-order chi connectivity index (χ1) is 9.96. The van der Waals surface area contributed by atoms with Crippen molar-refractivity contribution in [2.24, 2.45) is 0 Å². The van der Waals surface area contributed by atoms with E-state index in [1.807, 2.05) is 12.1 Å². The van der Waals surface area contributed by atoms with Crippen LogP contribution in [-0.2, 0) is 22.0 Å². The van der Waals surface area contributed by atoms with Gasteiger partial charge >= 0.3 is 5.97 Å². The van der Waals surface area contributed by atoms with Crippen molar-refractivity contribution < 1.29 is 14.6 Å². The van der Waals surface area contributed by atoms with E-state index in [1.54, 1.807) is 0 Å². The molecule has 0 aromatic heterocycles. The fourth-order valence-electron chi connectivity index (χ4n) is 2.44. The quantitative estimate of drug-likeness (QED) is 0.858. The van der Waals surface area contributed by atoms with E-state index in [-0.39, 0.29) is 17.3 Å². The van der Waals surface area contributed by atoms with Crippen LogP contribution in [0.5, 0.6) is 5.75 Å². The van der Waals surface area contributed by atoms with Crippen LogP contribution >= 0.6 is 0 Å². The summed E-state index contributed by atoms with van der Waals surface area (Å²) < 4.78 is 6.08. The topological polar surface area (TPSA) is 46.5 Å². The van der Waals surface area contributed by atoms with E-state index >= 15 is 0 Å². The summed E-state index contributed by atoms with van der Waals surface area (Å²) in [5.74, 6) is 0.123. The van der Waals surface area contributed by atoms with E-state index in [4.69, 9.17) is 9.84 Å². The maximum Gasteiger partial charge on any atom is 0.307 e. The second-order valence-electron chi connectivity index (χ2n) is 7.94. The SMILES string of the molecule is CCCOc1c(C(C)(C)C)cc(CC(=O)O)cc1C(C)(C)C. The van der Waals surface area contributed by atoms with Crippen molar-refractivity contribution in [2.75, 3.05) is 6.61 Å². The van der Waals surface area contributed by atoms with Gasteiger partial charge in [-0.05, 0) is 22.8 Å². The van der Waals surface area contributed by atoms with Gasteiger partial charge in [0.1, 0.15) is 5.75 Å². The van der Waals surface area contributed by atoms with Crippen LogP contribution in [0.1, 0.15) is 71.6 Å². The summed E-state index contributed by atoms with van der Waals surface area (Å²) in [6.45, 7) is 15.6. The van der Waals surface area contributed by atoms with E-state index in [0.29, 0.717) is 6.61 Å². The van der Waals surface area contributed by atoms with Crippen LogP contribution < -0.4 is 4.74 Å². The first-order valence-corrected chi connectivity index (χ1v) is 7.99. The predicted octanol–water partition coefficient (Wildman–Crippen LogP) is 4.70. The van der Waals surface area contributed by atoms with Crippen molar-refractivity contribution in [2.45, 2.75) is 72.1 Å². The molecule has 0 heterocycles. The highest BCUT2D eigenvalue weighted by molar-refractivity contribution is 5.71. The minimum atomic E-state index is -0.804. The van der Waals surface area contributed by atoms with Gasteiger partial charge in [0, 0.05) is 11.1 Å². The third kappa shape index (κ3) is 4.75. The molecule has 1 rings (SSSR count). The Hall–Kier alpha value is -1.51. The lowest BCUT2D eigenvalue weighted by Gasteiger charge is -2.30. The summed E-state index contributed by atoms with van der Waals surface area (Å²) >= 11 is 0. The number of rotatable bonds is 5. The molecule has 1 N–H and O–H groups in total. The highest BCUT2D eigenvalue weighted by Gasteiger charge is 2.28. The average Bonchev–Trinajstić information content (AvgIpc) is 2.33. The van der Waals surface area contributed by atoms with Crippen LogP contribution in [-0.4, -0.2) is 17.7 Å². The molecular formula is C19H30O3. The predicted molar refractivity (Wildman–Crippen MR) is 91.0 cm³/mol. The summed E-state index contributed by atoms with van der Waals surface area (Å²) in [5.41, 5.74) is 2.82. The van der Waals surface area contributed by atoms with Gasteiger partial charge in [-0.15, -0.1) is 0 Å². The molecule has 0 atom stereocenters. The molecule has 1 aromatic carbocycles. The lowest BCUT2D eigenvalue weighted by atomic mass is 9.78. The van der Waals surface area contributed by atoms with Gasteiger partial charge in [0.2, 0.25) is 0 Å². The van der Waals surface area contributed by atoms with Gasteiger partial charge in [-0.2, -0.15) is 0 Å². The molecule has 3 nitrogen and oxygen atoms in total. The zero-order chi connectivity index (χ0) is 17.1. The van der Waals surface area contributed by atoms with Gasteiger partial charge in [0.15, 0.2) is 0 Å². The summed E-state index contributed by atoms with van der Waals surface area (Å²) in [5, 5.41) is 9.13. The molecular weight excluding hydrogens is 276 g/mol. The normalized spacial score (nSPS) is 12.3. The Kier molecular flexibility index (Phi) is 5.66. The molecule has 0 spiro atoms. The third-order valence-corrected chi connectivity index (χ3v) is 3.57. The zero-order valence-electron chi connectivity index (χ0n) is 15.0. The third-order valence-electron chi connectivity index (χ3n) is 3.57. The molecule has 0 aliphatic rings. The molecule has 0 saturated heterocycles. The summed E-state index contributed by atoms with van der Waals surface area (Å²) in [7, 11) is 0. The second-order valence-corrected chi connectivity index (χ2v) is 7.94. The summed E-state index contributed by atoms with van der Waals surface area (Å²) in [4.78, 5) is 11.1. The van der Waals surface area contributed by atoms with Crippen molar-refractivity contribution in [3.8, 4) is 5.75 Å². The van der Waals surface area contributed by atoms with Crippen LogP contribution in [0.2, 0.25) is 0 Å². The smallest absolute Gasteiger partial charge is 0.307 e. The molecule has 0 bridgehead atoms. The van der Waals surface area contributed by atoms with Crippen molar-refractivity contribution in [1.29, 1.82) is 0 Å². The first kappa shape index (κ1) is 18.5.